The van der Waals surface area contributed by atoms with Crippen LogP contribution < -0.4 is 9.47 Å². The normalized spacial score (nSPS) is 17.0. The lowest BCUT2D eigenvalue weighted by Gasteiger charge is -2.40. The molecule has 1 saturated heterocycles. The van der Waals surface area contributed by atoms with Crippen LogP contribution in [0.1, 0.15) is 21.6 Å². The van der Waals surface area contributed by atoms with Gasteiger partial charge in [0.2, 0.25) is 5.91 Å². The number of hydrogen-bond acceptors (Lipinski definition) is 6. The van der Waals surface area contributed by atoms with Gasteiger partial charge >= 0.3 is 0 Å². The standard InChI is InChI=1S/C21H29N5O4/c1-14-16(11-22-23-14)20(27)26-9-8-24(2)17(13-26)21(28)25(3)12-15-6-7-18(29-4)19(10-15)30-5/h6-7,10-11,17H,8-9,12-13H2,1-5H3,(H,22,23)/t17-/m1/s1. The molecular formula is C21H29N5O4. The summed E-state index contributed by atoms with van der Waals surface area (Å²) in [6, 6.07) is 5.20. The Labute approximate surface area is 176 Å². The number of nitrogens with one attached hydrogen (secondary N) is 1. The highest BCUT2D eigenvalue weighted by Crippen LogP contribution is 2.28. The number of methoxy groups -OCH3 is 2. The molecule has 0 aliphatic carbocycles. The third-order valence-electron chi connectivity index (χ3n) is 5.52. The van der Waals surface area contributed by atoms with E-state index in [0.29, 0.717) is 43.2 Å². The molecular weight excluding hydrogens is 386 g/mol. The summed E-state index contributed by atoms with van der Waals surface area (Å²) in [5, 5.41) is 6.72. The van der Waals surface area contributed by atoms with E-state index in [2.05, 4.69) is 10.2 Å². The van der Waals surface area contributed by atoms with E-state index in [1.165, 1.54) is 6.20 Å². The van der Waals surface area contributed by atoms with E-state index < -0.39 is 6.04 Å². The maximum atomic E-state index is 13.2. The lowest BCUT2D eigenvalue weighted by Crippen LogP contribution is -2.58. The van der Waals surface area contributed by atoms with Crippen molar-refractivity contribution < 1.29 is 19.1 Å². The Balaban J connectivity index is 1.69. The summed E-state index contributed by atoms with van der Waals surface area (Å²) in [6.45, 7) is 3.79. The molecule has 1 fully saturated rings. The van der Waals surface area contributed by atoms with Gasteiger partial charge in [0.05, 0.1) is 26.0 Å². The predicted molar refractivity (Wildman–Crippen MR) is 112 cm³/mol. The lowest BCUT2D eigenvalue weighted by molar-refractivity contribution is -0.137. The Kier molecular flexibility index (Phi) is 6.61. The second-order valence-electron chi connectivity index (χ2n) is 7.54. The summed E-state index contributed by atoms with van der Waals surface area (Å²) in [5.41, 5.74) is 2.21. The third kappa shape index (κ3) is 4.40. The number of H-pyrrole nitrogens is 1. The van der Waals surface area contributed by atoms with Crippen molar-refractivity contribution >= 4 is 11.8 Å². The SMILES string of the molecule is COc1ccc(CN(C)C(=O)[C@H]2CN(C(=O)c3cn[nH]c3C)CCN2C)cc1OC. The molecule has 0 bridgehead atoms. The zero-order valence-electron chi connectivity index (χ0n) is 18.1. The number of aromatic nitrogens is 2. The quantitative estimate of drug-likeness (QED) is 0.761. The molecule has 162 valence electrons. The molecule has 9 heteroatoms. The summed E-state index contributed by atoms with van der Waals surface area (Å²) in [6.07, 6.45) is 1.54. The Morgan fingerprint density at radius 3 is 2.60 bits per heavy atom. The molecule has 1 aromatic heterocycles. The van der Waals surface area contributed by atoms with E-state index in [4.69, 9.17) is 9.47 Å². The van der Waals surface area contributed by atoms with E-state index in [1.807, 2.05) is 37.1 Å². The minimum atomic E-state index is -0.403. The Hall–Kier alpha value is -3.07. The molecule has 0 radical (unpaired) electrons. The van der Waals surface area contributed by atoms with Crippen LogP contribution in [0.15, 0.2) is 24.4 Å². The smallest absolute Gasteiger partial charge is 0.257 e. The van der Waals surface area contributed by atoms with Crippen LogP contribution in [0, 0.1) is 6.92 Å². The van der Waals surface area contributed by atoms with E-state index in [1.54, 1.807) is 31.1 Å². The molecule has 1 aliphatic heterocycles. The molecule has 1 aliphatic rings. The van der Waals surface area contributed by atoms with E-state index in [9.17, 15) is 9.59 Å². The molecule has 1 N–H and O–H groups in total. The number of piperazine rings is 1. The van der Waals surface area contributed by atoms with Crippen molar-refractivity contribution in [2.75, 3.05) is 47.9 Å². The van der Waals surface area contributed by atoms with Crippen LogP contribution in [0.3, 0.4) is 0 Å². The first-order chi connectivity index (χ1) is 14.3. The molecule has 0 saturated carbocycles. The summed E-state index contributed by atoms with van der Waals surface area (Å²) in [4.78, 5) is 31.4. The van der Waals surface area contributed by atoms with E-state index >= 15 is 0 Å². The number of amides is 2. The van der Waals surface area contributed by atoms with Crippen LogP contribution in [0.25, 0.3) is 0 Å². The largest absolute Gasteiger partial charge is 0.493 e. The van der Waals surface area contributed by atoms with Crippen LogP contribution in [0.5, 0.6) is 11.5 Å². The first-order valence-electron chi connectivity index (χ1n) is 9.81. The topological polar surface area (TPSA) is 91.0 Å². The van der Waals surface area contributed by atoms with Gasteiger partial charge in [0.15, 0.2) is 11.5 Å². The van der Waals surface area contributed by atoms with Gasteiger partial charge in [-0.25, -0.2) is 0 Å². The zero-order chi connectivity index (χ0) is 21.8. The maximum Gasteiger partial charge on any atom is 0.257 e. The van der Waals surface area contributed by atoms with Crippen LogP contribution in [0.4, 0.5) is 0 Å². The van der Waals surface area contributed by atoms with E-state index in [0.717, 1.165) is 11.3 Å². The van der Waals surface area contributed by atoms with Gasteiger partial charge in [-0.2, -0.15) is 5.10 Å². The van der Waals surface area contributed by atoms with Gasteiger partial charge in [-0.15, -0.1) is 0 Å². The van der Waals surface area contributed by atoms with Crippen molar-refractivity contribution in [3.8, 4) is 11.5 Å². The molecule has 3 rings (SSSR count). The first-order valence-corrected chi connectivity index (χ1v) is 9.81. The number of rotatable bonds is 6. The number of carbonyl (C=O) groups is 2. The summed E-state index contributed by atoms with van der Waals surface area (Å²) in [7, 11) is 6.86. The molecule has 2 heterocycles. The number of likely N-dealkylation sites (N-methyl/N-ethyl adjacent to an activating group) is 2. The molecule has 0 spiro atoms. The highest BCUT2D eigenvalue weighted by atomic mass is 16.5. The molecule has 1 atom stereocenters. The van der Waals surface area contributed by atoms with Gasteiger partial charge < -0.3 is 19.3 Å². The fourth-order valence-electron chi connectivity index (χ4n) is 3.65. The van der Waals surface area contributed by atoms with Crippen LogP contribution >= 0.6 is 0 Å². The number of nitrogens with zero attached hydrogens (tertiary/aromatic N) is 4. The van der Waals surface area contributed by atoms with Gasteiger partial charge in [-0.3, -0.25) is 19.6 Å². The molecule has 2 amide bonds. The van der Waals surface area contributed by atoms with Crippen molar-refractivity contribution in [3.05, 3.63) is 41.2 Å². The number of ether oxygens (including phenoxy) is 2. The number of aromatic amines is 1. The van der Waals surface area contributed by atoms with Crippen molar-refractivity contribution in [1.29, 1.82) is 0 Å². The van der Waals surface area contributed by atoms with Crippen molar-refractivity contribution in [1.82, 2.24) is 24.9 Å². The van der Waals surface area contributed by atoms with Crippen molar-refractivity contribution in [3.63, 3.8) is 0 Å². The van der Waals surface area contributed by atoms with Gasteiger partial charge in [-0.1, -0.05) is 6.07 Å². The lowest BCUT2D eigenvalue weighted by atomic mass is 10.1. The van der Waals surface area contributed by atoms with Crippen molar-refractivity contribution in [2.45, 2.75) is 19.5 Å². The van der Waals surface area contributed by atoms with Gasteiger partial charge in [-0.05, 0) is 31.7 Å². The Morgan fingerprint density at radius 2 is 1.97 bits per heavy atom. The fourth-order valence-corrected chi connectivity index (χ4v) is 3.65. The first kappa shape index (κ1) is 21.6. The van der Waals surface area contributed by atoms with Gasteiger partial charge in [0, 0.05) is 38.9 Å². The Morgan fingerprint density at radius 1 is 1.23 bits per heavy atom. The number of hydrogen-bond donors (Lipinski definition) is 1. The summed E-state index contributed by atoms with van der Waals surface area (Å²) in [5.74, 6) is 1.13. The summed E-state index contributed by atoms with van der Waals surface area (Å²) < 4.78 is 10.6. The molecule has 0 unspecified atom stereocenters. The van der Waals surface area contributed by atoms with Crippen molar-refractivity contribution in [2.24, 2.45) is 0 Å². The number of carbonyl (C=O) groups excluding carboxylic acids is 2. The Bertz CT molecular complexity index is 913. The predicted octanol–water partition coefficient (Wildman–Crippen LogP) is 1.15. The fraction of sp³-hybridized carbons (Fsp3) is 0.476. The van der Waals surface area contributed by atoms with Crippen LogP contribution in [-0.2, 0) is 11.3 Å². The zero-order valence-corrected chi connectivity index (χ0v) is 18.1. The van der Waals surface area contributed by atoms with Crippen LogP contribution in [0.2, 0.25) is 0 Å². The summed E-state index contributed by atoms with van der Waals surface area (Å²) >= 11 is 0. The molecule has 9 nitrogen and oxygen atoms in total. The molecule has 2 aromatic rings. The van der Waals surface area contributed by atoms with E-state index in [-0.39, 0.29) is 11.8 Å². The van der Waals surface area contributed by atoms with Gasteiger partial charge in [0.1, 0.15) is 6.04 Å². The number of benzene rings is 1. The minimum Gasteiger partial charge on any atom is -0.493 e. The average Bonchev–Trinajstić information content (AvgIpc) is 3.18. The second-order valence-corrected chi connectivity index (χ2v) is 7.54. The second kappa shape index (κ2) is 9.17. The third-order valence-corrected chi connectivity index (χ3v) is 5.52. The maximum absolute atomic E-state index is 13.2. The van der Waals surface area contributed by atoms with Crippen LogP contribution in [-0.4, -0.2) is 90.7 Å². The number of aryl methyl sites for hydroxylation is 1. The highest BCUT2D eigenvalue weighted by molar-refractivity contribution is 5.95. The minimum absolute atomic E-state index is 0.0336. The molecule has 1 aromatic carbocycles. The molecule has 30 heavy (non-hydrogen) atoms. The highest BCUT2D eigenvalue weighted by Gasteiger charge is 2.34. The van der Waals surface area contributed by atoms with Gasteiger partial charge in [0.25, 0.3) is 5.91 Å². The average molecular weight is 415 g/mol. The monoisotopic (exact) mass is 415 g/mol.